The zero-order valence-electron chi connectivity index (χ0n) is 15.7. The predicted molar refractivity (Wildman–Crippen MR) is 112 cm³/mol. The van der Waals surface area contributed by atoms with E-state index in [0.717, 1.165) is 17.7 Å². The van der Waals surface area contributed by atoms with Gasteiger partial charge >= 0.3 is 0 Å². The summed E-state index contributed by atoms with van der Waals surface area (Å²) in [7, 11) is 0. The van der Waals surface area contributed by atoms with Gasteiger partial charge < -0.3 is 10.6 Å². The first kappa shape index (κ1) is 19.6. The van der Waals surface area contributed by atoms with E-state index in [2.05, 4.69) is 22.5 Å². The van der Waals surface area contributed by atoms with Gasteiger partial charge in [0.15, 0.2) is 0 Å². The molecule has 7 heteroatoms. The van der Waals surface area contributed by atoms with Crippen molar-refractivity contribution < 1.29 is 4.79 Å². The average Bonchev–Trinajstić information content (AvgIpc) is 2.64. The molecule has 144 valence electrons. The lowest BCUT2D eigenvalue weighted by atomic mass is 10.1. The van der Waals surface area contributed by atoms with E-state index in [1.807, 2.05) is 24.3 Å². The number of aryl methyl sites for hydroxylation is 2. The number of nitrogens with one attached hydrogen (secondary N) is 2. The Kier molecular flexibility index (Phi) is 6.11. The third-order valence-electron chi connectivity index (χ3n) is 4.14. The summed E-state index contributed by atoms with van der Waals surface area (Å²) in [5, 5.41) is 6.42. The van der Waals surface area contributed by atoms with E-state index in [9.17, 15) is 9.59 Å². The molecule has 0 atom stereocenters. The number of halogens is 1. The smallest absolute Gasteiger partial charge is 0.255 e. The monoisotopic (exact) mass is 396 g/mol. The maximum absolute atomic E-state index is 12.5. The van der Waals surface area contributed by atoms with Gasteiger partial charge in [-0.3, -0.25) is 14.2 Å². The summed E-state index contributed by atoms with van der Waals surface area (Å²) in [4.78, 5) is 29.4. The second-order valence-corrected chi connectivity index (χ2v) is 6.82. The van der Waals surface area contributed by atoms with Gasteiger partial charge in [0.25, 0.3) is 5.56 Å². The number of rotatable bonds is 6. The number of carbonyl (C=O) groups is 1. The van der Waals surface area contributed by atoms with Crippen LogP contribution >= 0.6 is 11.6 Å². The first-order valence-corrected chi connectivity index (χ1v) is 9.32. The first-order chi connectivity index (χ1) is 13.4. The van der Waals surface area contributed by atoms with Crippen LogP contribution in [0.1, 0.15) is 18.2 Å². The van der Waals surface area contributed by atoms with Crippen molar-refractivity contribution in [3.63, 3.8) is 0 Å². The lowest BCUT2D eigenvalue weighted by Crippen LogP contribution is -2.30. The van der Waals surface area contributed by atoms with Crippen LogP contribution in [0.5, 0.6) is 0 Å². The number of aromatic nitrogens is 2. The van der Waals surface area contributed by atoms with Crippen molar-refractivity contribution in [3.05, 3.63) is 81.2 Å². The van der Waals surface area contributed by atoms with Gasteiger partial charge in [-0.15, -0.1) is 0 Å². The molecule has 0 saturated carbocycles. The van der Waals surface area contributed by atoms with Crippen LogP contribution in [0.2, 0.25) is 5.02 Å². The Bertz CT molecular complexity index is 1060. The molecule has 3 aromatic rings. The molecule has 0 aliphatic rings. The van der Waals surface area contributed by atoms with Gasteiger partial charge in [0, 0.05) is 28.2 Å². The number of amides is 1. The molecule has 0 fully saturated rings. The second kappa shape index (κ2) is 8.71. The standard InChI is InChI=1S/C21H21ClN4O2/c1-3-15-6-4-8-17(11-15)25-21-23-14(2)10-20(28)26(21)13-19(27)24-18-9-5-7-16(22)12-18/h4-12H,3,13H2,1-2H3,(H,23,25)(H,24,27). The molecule has 1 amide bonds. The van der Waals surface area contributed by atoms with Gasteiger partial charge in [-0.1, -0.05) is 36.7 Å². The minimum absolute atomic E-state index is 0.172. The molecule has 0 spiro atoms. The molecule has 2 aromatic carbocycles. The Morgan fingerprint density at radius 3 is 2.61 bits per heavy atom. The molecule has 0 aliphatic heterocycles. The quantitative estimate of drug-likeness (QED) is 0.656. The molecule has 0 saturated heterocycles. The lowest BCUT2D eigenvalue weighted by Gasteiger charge is -2.15. The normalized spacial score (nSPS) is 10.5. The molecule has 0 aliphatic carbocycles. The first-order valence-electron chi connectivity index (χ1n) is 8.94. The molecule has 28 heavy (non-hydrogen) atoms. The van der Waals surface area contributed by atoms with Crippen LogP contribution < -0.4 is 16.2 Å². The van der Waals surface area contributed by atoms with Crippen molar-refractivity contribution in [3.8, 4) is 0 Å². The Hall–Kier alpha value is -3.12. The summed E-state index contributed by atoms with van der Waals surface area (Å²) in [6.07, 6.45) is 0.894. The van der Waals surface area contributed by atoms with Crippen LogP contribution in [0.3, 0.4) is 0 Å². The number of hydrogen-bond donors (Lipinski definition) is 2. The van der Waals surface area contributed by atoms with E-state index in [0.29, 0.717) is 22.4 Å². The number of benzene rings is 2. The van der Waals surface area contributed by atoms with Crippen LogP contribution in [0.25, 0.3) is 0 Å². The zero-order chi connectivity index (χ0) is 20.1. The van der Waals surface area contributed by atoms with E-state index in [1.54, 1.807) is 31.2 Å². The molecule has 3 rings (SSSR count). The molecule has 2 N–H and O–H groups in total. The SMILES string of the molecule is CCc1cccc(Nc2nc(C)cc(=O)n2CC(=O)Nc2cccc(Cl)c2)c1. The minimum Gasteiger partial charge on any atom is -0.326 e. The van der Waals surface area contributed by atoms with Crippen LogP contribution in [0.15, 0.2) is 59.4 Å². The molecular formula is C21H21ClN4O2. The molecule has 0 unspecified atom stereocenters. The summed E-state index contributed by atoms with van der Waals surface area (Å²) in [6, 6.07) is 16.1. The number of carbonyl (C=O) groups excluding carboxylic acids is 1. The highest BCUT2D eigenvalue weighted by molar-refractivity contribution is 6.30. The fourth-order valence-electron chi connectivity index (χ4n) is 2.78. The largest absolute Gasteiger partial charge is 0.326 e. The highest BCUT2D eigenvalue weighted by Crippen LogP contribution is 2.17. The Morgan fingerprint density at radius 2 is 1.86 bits per heavy atom. The van der Waals surface area contributed by atoms with E-state index >= 15 is 0 Å². The molecular weight excluding hydrogens is 376 g/mol. The van der Waals surface area contributed by atoms with Crippen molar-refractivity contribution in [2.75, 3.05) is 10.6 Å². The lowest BCUT2D eigenvalue weighted by molar-refractivity contribution is -0.116. The Morgan fingerprint density at radius 1 is 1.11 bits per heavy atom. The van der Waals surface area contributed by atoms with Crippen LogP contribution in [-0.2, 0) is 17.8 Å². The van der Waals surface area contributed by atoms with E-state index in [1.165, 1.54) is 10.6 Å². The predicted octanol–water partition coefficient (Wildman–Crippen LogP) is 4.15. The van der Waals surface area contributed by atoms with Crippen LogP contribution in [-0.4, -0.2) is 15.5 Å². The van der Waals surface area contributed by atoms with Gasteiger partial charge in [0.1, 0.15) is 6.54 Å². The summed E-state index contributed by atoms with van der Waals surface area (Å²) in [6.45, 7) is 3.64. The topological polar surface area (TPSA) is 76.0 Å². The Labute approximate surface area is 168 Å². The number of nitrogens with zero attached hydrogens (tertiary/aromatic N) is 2. The molecule has 0 radical (unpaired) electrons. The van der Waals surface area contributed by atoms with Gasteiger partial charge in [0.2, 0.25) is 11.9 Å². The van der Waals surface area contributed by atoms with Gasteiger partial charge in [0.05, 0.1) is 0 Å². The number of hydrogen-bond acceptors (Lipinski definition) is 4. The van der Waals surface area contributed by atoms with Crippen molar-refractivity contribution in [2.24, 2.45) is 0 Å². The summed E-state index contributed by atoms with van der Waals surface area (Å²) in [5.74, 6) is -0.0279. The summed E-state index contributed by atoms with van der Waals surface area (Å²) >= 11 is 5.94. The van der Waals surface area contributed by atoms with Gasteiger partial charge in [-0.05, 0) is 49.2 Å². The van der Waals surface area contributed by atoms with E-state index < -0.39 is 0 Å². The van der Waals surface area contributed by atoms with E-state index in [4.69, 9.17) is 11.6 Å². The second-order valence-electron chi connectivity index (χ2n) is 6.38. The highest BCUT2D eigenvalue weighted by atomic mass is 35.5. The molecule has 6 nitrogen and oxygen atoms in total. The summed E-state index contributed by atoms with van der Waals surface area (Å²) in [5.41, 5.74) is 2.80. The van der Waals surface area contributed by atoms with Crippen molar-refractivity contribution in [1.29, 1.82) is 0 Å². The van der Waals surface area contributed by atoms with Crippen molar-refractivity contribution >= 4 is 34.8 Å². The van der Waals surface area contributed by atoms with Crippen LogP contribution in [0, 0.1) is 6.92 Å². The average molecular weight is 397 g/mol. The highest BCUT2D eigenvalue weighted by Gasteiger charge is 2.12. The third kappa shape index (κ3) is 4.98. The van der Waals surface area contributed by atoms with Crippen molar-refractivity contribution in [1.82, 2.24) is 9.55 Å². The maximum atomic E-state index is 12.5. The number of anilines is 3. The Balaban J connectivity index is 1.85. The summed E-state index contributed by atoms with van der Waals surface area (Å²) < 4.78 is 1.31. The molecule has 1 heterocycles. The minimum atomic E-state index is -0.347. The zero-order valence-corrected chi connectivity index (χ0v) is 16.5. The molecule has 0 bridgehead atoms. The van der Waals surface area contributed by atoms with Gasteiger partial charge in [-0.2, -0.15) is 0 Å². The van der Waals surface area contributed by atoms with Crippen LogP contribution in [0.4, 0.5) is 17.3 Å². The van der Waals surface area contributed by atoms with Crippen molar-refractivity contribution in [2.45, 2.75) is 26.8 Å². The van der Waals surface area contributed by atoms with Gasteiger partial charge in [-0.25, -0.2) is 4.98 Å². The fourth-order valence-corrected chi connectivity index (χ4v) is 2.97. The third-order valence-corrected chi connectivity index (χ3v) is 4.37. The fraction of sp³-hybridized carbons (Fsp3) is 0.190. The van der Waals surface area contributed by atoms with E-state index in [-0.39, 0.29) is 18.0 Å². The maximum Gasteiger partial charge on any atom is 0.255 e. The molecule has 1 aromatic heterocycles.